The van der Waals surface area contributed by atoms with Crippen LogP contribution in [0.4, 0.5) is 0 Å². The molecule has 7 nitrogen and oxygen atoms in total. The first kappa shape index (κ1) is 25.1. The van der Waals surface area contributed by atoms with Crippen molar-refractivity contribution in [2.24, 2.45) is 23.7 Å². The van der Waals surface area contributed by atoms with Crippen LogP contribution in [0.5, 0.6) is 5.75 Å². The molecule has 0 spiro atoms. The molecule has 0 bridgehead atoms. The third-order valence-corrected chi connectivity index (χ3v) is 7.14. The van der Waals surface area contributed by atoms with E-state index in [1.54, 1.807) is 7.11 Å². The SMILES string of the molecule is COC(=O)[C@H](CC(C)C)NC(=O)[C@H]1[C@@H]2CC(=O)NCCCc3cc(OC)ccc3[C@H]2C[C@@H]1C. The number of hydrogen-bond donors (Lipinski definition) is 2. The zero-order chi connectivity index (χ0) is 24.1. The Morgan fingerprint density at radius 2 is 2.00 bits per heavy atom. The van der Waals surface area contributed by atoms with Crippen LogP contribution in [0.15, 0.2) is 18.2 Å². The van der Waals surface area contributed by atoms with Crippen LogP contribution in [0.25, 0.3) is 0 Å². The van der Waals surface area contributed by atoms with E-state index in [2.05, 4.69) is 29.7 Å². The van der Waals surface area contributed by atoms with E-state index in [4.69, 9.17) is 9.47 Å². The molecule has 1 aromatic carbocycles. The molecule has 2 aliphatic rings. The van der Waals surface area contributed by atoms with Crippen LogP contribution in [-0.2, 0) is 25.5 Å². The van der Waals surface area contributed by atoms with E-state index in [1.807, 2.05) is 19.9 Å². The molecule has 1 aromatic rings. The fourth-order valence-electron chi connectivity index (χ4n) is 5.65. The molecule has 7 heteroatoms. The van der Waals surface area contributed by atoms with Gasteiger partial charge in [-0.15, -0.1) is 0 Å². The molecule has 0 aromatic heterocycles. The van der Waals surface area contributed by atoms with Gasteiger partial charge >= 0.3 is 5.97 Å². The maximum atomic E-state index is 13.5. The Labute approximate surface area is 197 Å². The smallest absolute Gasteiger partial charge is 0.328 e. The number of amides is 2. The Morgan fingerprint density at radius 3 is 2.67 bits per heavy atom. The van der Waals surface area contributed by atoms with Crippen molar-refractivity contribution < 1.29 is 23.9 Å². The molecule has 1 heterocycles. The molecule has 182 valence electrons. The molecule has 0 unspecified atom stereocenters. The quantitative estimate of drug-likeness (QED) is 0.639. The van der Waals surface area contributed by atoms with Gasteiger partial charge in [-0.05, 0) is 72.6 Å². The molecule has 33 heavy (non-hydrogen) atoms. The highest BCUT2D eigenvalue weighted by molar-refractivity contribution is 5.87. The molecular formula is C26H38N2O5. The van der Waals surface area contributed by atoms with Gasteiger partial charge in [0.15, 0.2) is 0 Å². The maximum Gasteiger partial charge on any atom is 0.328 e. The zero-order valence-corrected chi connectivity index (χ0v) is 20.5. The zero-order valence-electron chi connectivity index (χ0n) is 20.5. The maximum absolute atomic E-state index is 13.5. The number of rotatable bonds is 6. The summed E-state index contributed by atoms with van der Waals surface area (Å²) in [6.07, 6.45) is 3.34. The van der Waals surface area contributed by atoms with Gasteiger partial charge in [-0.1, -0.05) is 26.8 Å². The number of esters is 1. The normalized spacial score (nSPS) is 25.9. The van der Waals surface area contributed by atoms with E-state index in [0.717, 1.165) is 25.0 Å². The molecule has 1 aliphatic carbocycles. The lowest BCUT2D eigenvalue weighted by atomic mass is 9.79. The van der Waals surface area contributed by atoms with Crippen molar-refractivity contribution in [1.82, 2.24) is 10.6 Å². The van der Waals surface area contributed by atoms with Crippen molar-refractivity contribution in [3.63, 3.8) is 0 Å². The lowest BCUT2D eigenvalue weighted by Gasteiger charge is -2.29. The third kappa shape index (κ3) is 5.87. The standard InChI is InChI=1S/C26H38N2O5/c1-15(2)11-22(26(31)33-5)28-25(30)24-16(3)12-20-19-9-8-18(32-4)13-17(19)7-6-10-27-23(29)14-21(20)24/h8-9,13,15-16,20-22,24H,6-7,10-12,14H2,1-5H3,(H,27,29)(H,28,30)/t16-,20+,21+,22-,24+/m0/s1. The summed E-state index contributed by atoms with van der Waals surface area (Å²) in [5, 5.41) is 5.98. The Bertz CT molecular complexity index is 868. The van der Waals surface area contributed by atoms with Crippen LogP contribution >= 0.6 is 0 Å². The number of methoxy groups -OCH3 is 2. The van der Waals surface area contributed by atoms with E-state index in [1.165, 1.54) is 18.2 Å². The summed E-state index contributed by atoms with van der Waals surface area (Å²) in [5.74, 6) is 0.137. The second-order valence-corrected chi connectivity index (χ2v) is 9.95. The molecule has 0 saturated heterocycles. The fraction of sp³-hybridized carbons (Fsp3) is 0.654. The molecule has 5 atom stereocenters. The van der Waals surface area contributed by atoms with Gasteiger partial charge in [0.05, 0.1) is 14.2 Å². The van der Waals surface area contributed by atoms with Crippen molar-refractivity contribution in [2.75, 3.05) is 20.8 Å². The van der Waals surface area contributed by atoms with Gasteiger partial charge in [0.1, 0.15) is 11.8 Å². The Kier molecular flexibility index (Phi) is 8.38. The topological polar surface area (TPSA) is 93.7 Å². The average Bonchev–Trinajstić information content (AvgIpc) is 3.10. The summed E-state index contributed by atoms with van der Waals surface area (Å²) in [6, 6.07) is 5.48. The van der Waals surface area contributed by atoms with Crippen molar-refractivity contribution in [1.29, 1.82) is 0 Å². The molecule has 3 rings (SSSR count). The molecule has 0 radical (unpaired) electrons. The van der Waals surface area contributed by atoms with Crippen LogP contribution in [0.1, 0.15) is 63.5 Å². The van der Waals surface area contributed by atoms with Gasteiger partial charge in [0.2, 0.25) is 11.8 Å². The summed E-state index contributed by atoms with van der Waals surface area (Å²) in [7, 11) is 3.00. The fourth-order valence-corrected chi connectivity index (χ4v) is 5.65. The Morgan fingerprint density at radius 1 is 1.24 bits per heavy atom. The number of hydrogen-bond acceptors (Lipinski definition) is 5. The van der Waals surface area contributed by atoms with E-state index in [9.17, 15) is 14.4 Å². The molecular weight excluding hydrogens is 420 g/mol. The van der Waals surface area contributed by atoms with Crippen molar-refractivity contribution in [3.8, 4) is 5.75 Å². The van der Waals surface area contributed by atoms with Crippen LogP contribution in [0, 0.1) is 23.7 Å². The van der Waals surface area contributed by atoms with E-state index >= 15 is 0 Å². The van der Waals surface area contributed by atoms with E-state index in [0.29, 0.717) is 19.4 Å². The summed E-state index contributed by atoms with van der Waals surface area (Å²) >= 11 is 0. The van der Waals surface area contributed by atoms with Gasteiger partial charge in [-0.3, -0.25) is 9.59 Å². The van der Waals surface area contributed by atoms with Crippen molar-refractivity contribution in [2.45, 2.75) is 64.8 Å². The Balaban J connectivity index is 1.93. The van der Waals surface area contributed by atoms with Crippen molar-refractivity contribution >= 4 is 17.8 Å². The first-order chi connectivity index (χ1) is 15.7. The number of nitrogens with one attached hydrogen (secondary N) is 2. The van der Waals surface area contributed by atoms with E-state index < -0.39 is 12.0 Å². The third-order valence-electron chi connectivity index (χ3n) is 7.14. The van der Waals surface area contributed by atoms with Gasteiger partial charge < -0.3 is 20.1 Å². The number of benzene rings is 1. The second kappa shape index (κ2) is 11.0. The van der Waals surface area contributed by atoms with Crippen LogP contribution in [0.3, 0.4) is 0 Å². The largest absolute Gasteiger partial charge is 0.497 e. The number of fused-ring (bicyclic) bond motifs is 3. The van der Waals surface area contributed by atoms with Gasteiger partial charge in [-0.2, -0.15) is 0 Å². The predicted octanol–water partition coefficient (Wildman–Crippen LogP) is 3.21. The average molecular weight is 459 g/mol. The number of aryl methyl sites for hydroxylation is 1. The molecule has 1 fully saturated rings. The van der Waals surface area contributed by atoms with Gasteiger partial charge in [0.25, 0.3) is 0 Å². The number of carbonyl (C=O) groups is 3. The number of carbonyl (C=O) groups excluding carboxylic acids is 3. The first-order valence-electron chi connectivity index (χ1n) is 12.1. The van der Waals surface area contributed by atoms with Crippen LogP contribution in [0.2, 0.25) is 0 Å². The molecule has 2 amide bonds. The second-order valence-electron chi connectivity index (χ2n) is 9.95. The van der Waals surface area contributed by atoms with Gasteiger partial charge in [-0.25, -0.2) is 4.79 Å². The van der Waals surface area contributed by atoms with Crippen LogP contribution < -0.4 is 15.4 Å². The molecule has 1 saturated carbocycles. The highest BCUT2D eigenvalue weighted by Crippen LogP contribution is 2.50. The first-order valence-corrected chi connectivity index (χ1v) is 12.1. The molecule has 1 aliphatic heterocycles. The minimum atomic E-state index is -0.682. The minimum Gasteiger partial charge on any atom is -0.497 e. The summed E-state index contributed by atoms with van der Waals surface area (Å²) in [5.41, 5.74) is 2.44. The molecule has 2 N–H and O–H groups in total. The van der Waals surface area contributed by atoms with Gasteiger partial charge in [0, 0.05) is 18.9 Å². The predicted molar refractivity (Wildman–Crippen MR) is 126 cm³/mol. The Hall–Kier alpha value is -2.57. The highest BCUT2D eigenvalue weighted by Gasteiger charge is 2.47. The van der Waals surface area contributed by atoms with E-state index in [-0.39, 0.29) is 41.4 Å². The lowest BCUT2D eigenvalue weighted by Crippen LogP contribution is -2.47. The monoisotopic (exact) mass is 458 g/mol. The van der Waals surface area contributed by atoms with Crippen molar-refractivity contribution in [3.05, 3.63) is 29.3 Å². The highest BCUT2D eigenvalue weighted by atomic mass is 16.5. The summed E-state index contributed by atoms with van der Waals surface area (Å²) in [4.78, 5) is 38.5. The lowest BCUT2D eigenvalue weighted by molar-refractivity contribution is -0.146. The summed E-state index contributed by atoms with van der Waals surface area (Å²) < 4.78 is 10.4. The number of ether oxygens (including phenoxy) is 2. The van der Waals surface area contributed by atoms with Crippen LogP contribution in [-0.4, -0.2) is 44.6 Å². The summed E-state index contributed by atoms with van der Waals surface area (Å²) in [6.45, 7) is 6.70. The minimum absolute atomic E-state index is 0.0134.